The van der Waals surface area contributed by atoms with Gasteiger partial charge in [0, 0.05) is 5.66 Å². The Balaban J connectivity index is 3.22. The molecule has 0 aromatic rings. The van der Waals surface area contributed by atoms with Gasteiger partial charge in [0.05, 0.1) is 0 Å². The van der Waals surface area contributed by atoms with E-state index in [0.717, 1.165) is 0 Å². The van der Waals surface area contributed by atoms with Gasteiger partial charge in [-0.05, 0) is 6.92 Å². The van der Waals surface area contributed by atoms with Crippen LogP contribution in [0, 0.1) is 0 Å². The third-order valence-corrected chi connectivity index (χ3v) is 0.592. The van der Waals surface area contributed by atoms with E-state index in [4.69, 9.17) is 5.11 Å². The summed E-state index contributed by atoms with van der Waals surface area (Å²) in [6, 6.07) is 0. The van der Waals surface area contributed by atoms with Crippen molar-refractivity contribution < 1.29 is 5.11 Å². The fraction of sp³-hybridized carbons (Fsp3) is 0.500. The van der Waals surface area contributed by atoms with E-state index in [1.807, 2.05) is 0 Å². The maximum Gasteiger partial charge on any atom is 0.196 e. The molecule has 0 atom stereocenters. The van der Waals surface area contributed by atoms with Gasteiger partial charge in [0.2, 0.25) is 0 Å². The molecule has 0 fully saturated rings. The summed E-state index contributed by atoms with van der Waals surface area (Å²) in [4.78, 5) is 0. The lowest BCUT2D eigenvalue weighted by molar-refractivity contribution is 0.449. The van der Waals surface area contributed by atoms with Crippen LogP contribution >= 0.6 is 0 Å². The zero-order valence-corrected chi connectivity index (χ0v) is 4.10. The minimum atomic E-state index is 0.343. The maximum atomic E-state index is 8.47. The van der Waals surface area contributed by atoms with Crippen LogP contribution in [-0.4, -0.2) is 12.4 Å². The predicted molar refractivity (Wildman–Crippen MR) is 28.0 cm³/mol. The van der Waals surface area contributed by atoms with Crippen molar-refractivity contribution in [1.29, 1.82) is 0 Å². The molecule has 1 radical (unpaired) electrons. The van der Waals surface area contributed by atoms with Gasteiger partial charge in [-0.15, -0.1) is 0 Å². The molecule has 0 rings (SSSR count). The molecule has 0 saturated carbocycles. The van der Waals surface area contributed by atoms with E-state index in [0.29, 0.717) is 5.66 Å². The number of aliphatic hydroxyl groups excluding tert-OH is 1. The average molecular weight is 82.9 g/mol. The first-order chi connectivity index (χ1) is 2.81. The van der Waals surface area contributed by atoms with Gasteiger partial charge in [-0.3, -0.25) is 0 Å². The number of hydrogen-bond donors (Lipinski definition) is 1. The topological polar surface area (TPSA) is 20.2 Å². The molecule has 0 aliphatic rings. The highest BCUT2D eigenvalue weighted by Crippen LogP contribution is 1.79. The SMILES string of the molecule is C[B]/C(O)=C/C. The Kier molecular flexibility index (Phi) is 2.64. The smallest absolute Gasteiger partial charge is 0.196 e. The quantitative estimate of drug-likeness (QED) is 0.372. The summed E-state index contributed by atoms with van der Waals surface area (Å²) in [6.45, 7) is 3.57. The molecule has 0 saturated heterocycles. The van der Waals surface area contributed by atoms with E-state index in [1.54, 1.807) is 27.1 Å². The number of rotatable bonds is 1. The van der Waals surface area contributed by atoms with Gasteiger partial charge in [-0.2, -0.15) is 0 Å². The van der Waals surface area contributed by atoms with Crippen molar-refractivity contribution in [3.63, 3.8) is 0 Å². The Bertz CT molecular complexity index is 58.6. The fourth-order valence-electron chi connectivity index (χ4n) is 0.167. The first-order valence-corrected chi connectivity index (χ1v) is 1.96. The van der Waals surface area contributed by atoms with E-state index in [1.165, 1.54) is 0 Å². The lowest BCUT2D eigenvalue weighted by Gasteiger charge is -1.83. The Hall–Kier alpha value is -0.395. The normalized spacial score (nSPS) is 11.3. The molecule has 1 nitrogen and oxygen atoms in total. The van der Waals surface area contributed by atoms with Crippen LogP contribution in [0.5, 0.6) is 0 Å². The lowest BCUT2D eigenvalue weighted by atomic mass is 9.80. The zero-order valence-electron chi connectivity index (χ0n) is 4.10. The van der Waals surface area contributed by atoms with Gasteiger partial charge in [-0.25, -0.2) is 0 Å². The predicted octanol–water partition coefficient (Wildman–Crippen LogP) is 1.16. The van der Waals surface area contributed by atoms with E-state index in [9.17, 15) is 0 Å². The molecule has 0 aliphatic carbocycles. The summed E-state index contributed by atoms with van der Waals surface area (Å²) >= 11 is 0. The highest BCUT2D eigenvalue weighted by molar-refractivity contribution is 6.42. The van der Waals surface area contributed by atoms with Gasteiger partial charge in [-0.1, -0.05) is 12.9 Å². The Morgan fingerprint density at radius 3 is 2.33 bits per heavy atom. The minimum Gasteiger partial charge on any atom is -0.524 e. The minimum absolute atomic E-state index is 0.343. The Morgan fingerprint density at radius 2 is 2.33 bits per heavy atom. The van der Waals surface area contributed by atoms with Crippen LogP contribution in [0.3, 0.4) is 0 Å². The van der Waals surface area contributed by atoms with Crippen molar-refractivity contribution >= 4 is 7.28 Å². The van der Waals surface area contributed by atoms with Crippen LogP contribution in [0.1, 0.15) is 6.92 Å². The third kappa shape index (κ3) is 1.88. The summed E-state index contributed by atoms with van der Waals surface area (Å²) < 4.78 is 0. The molecule has 0 heterocycles. The second kappa shape index (κ2) is 2.82. The van der Waals surface area contributed by atoms with Crippen LogP contribution in [0.15, 0.2) is 11.7 Å². The molecule has 1 N–H and O–H groups in total. The van der Waals surface area contributed by atoms with Crippen molar-refractivity contribution in [3.05, 3.63) is 11.7 Å². The molecule has 0 unspecified atom stereocenters. The maximum absolute atomic E-state index is 8.47. The summed E-state index contributed by atoms with van der Waals surface area (Å²) in [5.41, 5.74) is 0.343. The average Bonchev–Trinajstić information content (AvgIpc) is 1.65. The summed E-state index contributed by atoms with van der Waals surface area (Å²) in [7, 11) is 1.64. The molecule has 0 spiro atoms. The summed E-state index contributed by atoms with van der Waals surface area (Å²) in [5, 5.41) is 8.47. The first-order valence-electron chi connectivity index (χ1n) is 1.96. The molecule has 2 heteroatoms. The number of hydrogen-bond acceptors (Lipinski definition) is 1. The molecular formula is C4H8BO. The standard InChI is InChI=1S/C4H8BO/c1-3-4(6)5-2/h3,6H,1-2H3/b4-3-. The van der Waals surface area contributed by atoms with Gasteiger partial charge < -0.3 is 5.11 Å². The molecule has 0 aromatic heterocycles. The van der Waals surface area contributed by atoms with Crippen LogP contribution in [0.2, 0.25) is 6.82 Å². The molecule has 6 heavy (non-hydrogen) atoms. The highest BCUT2D eigenvalue weighted by Gasteiger charge is 1.80. The van der Waals surface area contributed by atoms with Crippen LogP contribution in [-0.2, 0) is 0 Å². The molecule has 33 valence electrons. The molecular weight excluding hydrogens is 74.9 g/mol. The Labute approximate surface area is 38.9 Å². The van der Waals surface area contributed by atoms with Crippen molar-refractivity contribution in [2.24, 2.45) is 0 Å². The van der Waals surface area contributed by atoms with Gasteiger partial charge in [0.25, 0.3) is 0 Å². The van der Waals surface area contributed by atoms with E-state index in [2.05, 4.69) is 0 Å². The fourth-order valence-corrected chi connectivity index (χ4v) is 0.167. The summed E-state index contributed by atoms with van der Waals surface area (Å²) in [6.07, 6.45) is 1.64. The number of allylic oxidation sites excluding steroid dienone is 1. The van der Waals surface area contributed by atoms with E-state index in [-0.39, 0.29) is 0 Å². The lowest BCUT2D eigenvalue weighted by Crippen LogP contribution is -1.84. The third-order valence-electron chi connectivity index (χ3n) is 0.592. The van der Waals surface area contributed by atoms with Gasteiger partial charge >= 0.3 is 0 Å². The number of aliphatic hydroxyl groups is 1. The van der Waals surface area contributed by atoms with Crippen molar-refractivity contribution in [3.8, 4) is 0 Å². The second-order valence-corrected chi connectivity index (χ2v) is 1.00. The zero-order chi connectivity index (χ0) is 4.99. The highest BCUT2D eigenvalue weighted by atomic mass is 16.3. The van der Waals surface area contributed by atoms with Crippen LogP contribution < -0.4 is 0 Å². The van der Waals surface area contributed by atoms with Crippen LogP contribution in [0.4, 0.5) is 0 Å². The van der Waals surface area contributed by atoms with Crippen molar-refractivity contribution in [2.75, 3.05) is 0 Å². The van der Waals surface area contributed by atoms with E-state index < -0.39 is 0 Å². The molecule has 0 amide bonds. The molecule has 0 aromatic carbocycles. The van der Waals surface area contributed by atoms with Crippen molar-refractivity contribution in [1.82, 2.24) is 0 Å². The molecule has 0 aliphatic heterocycles. The van der Waals surface area contributed by atoms with Gasteiger partial charge in [0.1, 0.15) is 0 Å². The second-order valence-electron chi connectivity index (χ2n) is 1.00. The first kappa shape index (κ1) is 5.60. The molecule has 0 bridgehead atoms. The Morgan fingerprint density at radius 1 is 1.83 bits per heavy atom. The van der Waals surface area contributed by atoms with Crippen LogP contribution in [0.25, 0.3) is 0 Å². The van der Waals surface area contributed by atoms with Gasteiger partial charge in [0.15, 0.2) is 7.28 Å². The largest absolute Gasteiger partial charge is 0.524 e. The monoisotopic (exact) mass is 83.1 g/mol. The van der Waals surface area contributed by atoms with Crippen molar-refractivity contribution in [2.45, 2.75) is 13.7 Å². The van der Waals surface area contributed by atoms with E-state index >= 15 is 0 Å². The summed E-state index contributed by atoms with van der Waals surface area (Å²) in [5.74, 6) is 0.